The van der Waals surface area contributed by atoms with Gasteiger partial charge < -0.3 is 25.2 Å². The zero-order chi connectivity index (χ0) is 24.7. The summed E-state index contributed by atoms with van der Waals surface area (Å²) in [4.78, 5) is 16.8. The summed E-state index contributed by atoms with van der Waals surface area (Å²) in [5.74, 6) is -0.00930. The van der Waals surface area contributed by atoms with E-state index in [-0.39, 0.29) is 11.8 Å². The molecule has 3 aromatic rings. The maximum Gasteiger partial charge on any atom is 0.245 e. The molecule has 1 aromatic carbocycles. The molecule has 2 saturated heterocycles. The maximum atomic E-state index is 14.2. The largest absolute Gasteiger partial charge is 0.378 e. The van der Waals surface area contributed by atoms with Crippen molar-refractivity contribution in [2.24, 2.45) is 5.10 Å². The first-order valence-corrected chi connectivity index (χ1v) is 12.0. The minimum absolute atomic E-state index is 0.214. The highest BCUT2D eigenvalue weighted by Gasteiger charge is 2.18. The molecule has 4 heterocycles. The van der Waals surface area contributed by atoms with Crippen LogP contribution in [0.3, 0.4) is 0 Å². The van der Waals surface area contributed by atoms with Crippen molar-refractivity contribution in [3.63, 3.8) is 0 Å². The molecule has 188 valence electrons. The number of hydrogen-bond donors (Lipinski definition) is 3. The molecule has 0 saturated carbocycles. The highest BCUT2D eigenvalue weighted by atomic mass is 19.1. The standard InChI is InChI=1S/C25H30FN9O/c1-34-9-8-27-23(17-34)18-2-4-19(5-3-18)31-21-7-6-20(28-14-21)15-30-33-25-29-16-22(26)24(32-25)35-10-12-36-13-11-35/h2-7,14-16,23,27,31H,8-13,17H2,1H3,(H,29,32,33). The quantitative estimate of drug-likeness (QED) is 0.340. The number of likely N-dealkylation sites (N-methyl/N-ethyl adjacent to an activating group) is 1. The van der Waals surface area contributed by atoms with Gasteiger partial charge in [-0.25, -0.2) is 14.8 Å². The maximum absolute atomic E-state index is 14.2. The number of hydrogen-bond acceptors (Lipinski definition) is 10. The lowest BCUT2D eigenvalue weighted by molar-refractivity contribution is 0.122. The number of ether oxygens (including phenoxy) is 1. The number of anilines is 4. The van der Waals surface area contributed by atoms with Crippen LogP contribution in [0.25, 0.3) is 0 Å². The Morgan fingerprint density at radius 3 is 2.61 bits per heavy atom. The molecule has 5 rings (SSSR count). The van der Waals surface area contributed by atoms with Crippen molar-refractivity contribution in [2.75, 3.05) is 68.6 Å². The summed E-state index contributed by atoms with van der Waals surface area (Å²) in [5, 5.41) is 11.1. The van der Waals surface area contributed by atoms with Crippen molar-refractivity contribution in [1.29, 1.82) is 0 Å². The van der Waals surface area contributed by atoms with Gasteiger partial charge in [0.15, 0.2) is 11.6 Å². The summed E-state index contributed by atoms with van der Waals surface area (Å²) in [5.41, 5.74) is 6.56. The lowest BCUT2D eigenvalue weighted by Gasteiger charge is -2.31. The monoisotopic (exact) mass is 491 g/mol. The van der Waals surface area contributed by atoms with Crippen molar-refractivity contribution in [3.8, 4) is 0 Å². The number of pyridine rings is 1. The smallest absolute Gasteiger partial charge is 0.245 e. The molecule has 2 fully saturated rings. The van der Waals surface area contributed by atoms with Crippen molar-refractivity contribution < 1.29 is 9.13 Å². The molecule has 2 aliphatic rings. The van der Waals surface area contributed by atoms with E-state index in [2.05, 4.69) is 72.3 Å². The second kappa shape index (κ2) is 11.4. The van der Waals surface area contributed by atoms with Gasteiger partial charge in [-0.3, -0.25) is 4.98 Å². The van der Waals surface area contributed by atoms with E-state index in [1.165, 1.54) is 5.56 Å². The first-order valence-electron chi connectivity index (χ1n) is 12.0. The molecule has 0 amide bonds. The average Bonchev–Trinajstić information content (AvgIpc) is 2.91. The van der Waals surface area contributed by atoms with Gasteiger partial charge in [0.25, 0.3) is 0 Å². The third-order valence-corrected chi connectivity index (χ3v) is 6.16. The summed E-state index contributed by atoms with van der Waals surface area (Å²) in [7, 11) is 2.15. The van der Waals surface area contributed by atoms with Crippen LogP contribution in [0, 0.1) is 5.82 Å². The molecule has 0 spiro atoms. The molecule has 0 radical (unpaired) electrons. The Morgan fingerprint density at radius 1 is 1.06 bits per heavy atom. The molecule has 2 aromatic heterocycles. The Hall–Kier alpha value is -3.67. The van der Waals surface area contributed by atoms with Crippen LogP contribution in [0.15, 0.2) is 53.9 Å². The molecule has 1 unspecified atom stereocenters. The lowest BCUT2D eigenvalue weighted by atomic mass is 10.0. The van der Waals surface area contributed by atoms with Crippen molar-refractivity contribution in [2.45, 2.75) is 6.04 Å². The van der Waals surface area contributed by atoms with E-state index in [1.54, 1.807) is 12.4 Å². The molecule has 10 nitrogen and oxygen atoms in total. The fraction of sp³-hybridized carbons (Fsp3) is 0.360. The summed E-state index contributed by atoms with van der Waals surface area (Å²) < 4.78 is 19.5. The average molecular weight is 492 g/mol. The number of piperazine rings is 1. The van der Waals surface area contributed by atoms with Crippen molar-refractivity contribution >= 4 is 29.4 Å². The lowest BCUT2D eigenvalue weighted by Crippen LogP contribution is -2.43. The van der Waals surface area contributed by atoms with Crippen LogP contribution in [0.1, 0.15) is 17.3 Å². The number of morpholine rings is 1. The zero-order valence-corrected chi connectivity index (χ0v) is 20.2. The fourth-order valence-corrected chi connectivity index (χ4v) is 4.21. The van der Waals surface area contributed by atoms with E-state index < -0.39 is 5.82 Å². The van der Waals surface area contributed by atoms with Gasteiger partial charge in [-0.2, -0.15) is 10.1 Å². The van der Waals surface area contributed by atoms with E-state index >= 15 is 0 Å². The second-order valence-corrected chi connectivity index (χ2v) is 8.82. The third kappa shape index (κ3) is 6.11. The van der Waals surface area contributed by atoms with Gasteiger partial charge in [-0.15, -0.1) is 0 Å². The van der Waals surface area contributed by atoms with E-state index in [9.17, 15) is 4.39 Å². The fourth-order valence-electron chi connectivity index (χ4n) is 4.21. The molecule has 0 bridgehead atoms. The van der Waals surface area contributed by atoms with Gasteiger partial charge in [0.2, 0.25) is 5.95 Å². The summed E-state index contributed by atoms with van der Waals surface area (Å²) >= 11 is 0. The van der Waals surface area contributed by atoms with Gasteiger partial charge in [0.1, 0.15) is 0 Å². The molecule has 1 atom stereocenters. The van der Waals surface area contributed by atoms with Crippen LogP contribution in [-0.4, -0.2) is 79.1 Å². The van der Waals surface area contributed by atoms with Crippen LogP contribution in [-0.2, 0) is 4.74 Å². The van der Waals surface area contributed by atoms with E-state index in [1.807, 2.05) is 17.0 Å². The van der Waals surface area contributed by atoms with Crippen LogP contribution >= 0.6 is 0 Å². The van der Waals surface area contributed by atoms with Crippen molar-refractivity contribution in [3.05, 3.63) is 65.9 Å². The minimum Gasteiger partial charge on any atom is -0.378 e. The SMILES string of the molecule is CN1CCNC(c2ccc(Nc3ccc(C=NNc4ncc(F)c(N5CCOCC5)n4)nc3)cc2)C1. The molecule has 11 heteroatoms. The summed E-state index contributed by atoms with van der Waals surface area (Å²) in [6.07, 6.45) is 4.46. The van der Waals surface area contributed by atoms with Gasteiger partial charge in [0.05, 0.1) is 43.2 Å². The topological polar surface area (TPSA) is 103 Å². The Bertz CT molecular complexity index is 1170. The number of aromatic nitrogens is 3. The number of hydrazone groups is 1. The predicted molar refractivity (Wildman–Crippen MR) is 138 cm³/mol. The number of nitrogens with zero attached hydrogens (tertiary/aromatic N) is 6. The molecule has 36 heavy (non-hydrogen) atoms. The van der Waals surface area contributed by atoms with Crippen molar-refractivity contribution in [1.82, 2.24) is 25.2 Å². The number of benzene rings is 1. The van der Waals surface area contributed by atoms with Gasteiger partial charge in [-0.05, 0) is 36.9 Å². The Balaban J connectivity index is 1.15. The number of halogens is 1. The second-order valence-electron chi connectivity index (χ2n) is 8.82. The highest BCUT2D eigenvalue weighted by Crippen LogP contribution is 2.22. The van der Waals surface area contributed by atoms with Crippen LogP contribution < -0.4 is 21.0 Å². The molecule has 0 aliphatic carbocycles. The molecule has 3 N–H and O–H groups in total. The Morgan fingerprint density at radius 2 is 1.86 bits per heavy atom. The number of nitrogens with one attached hydrogen (secondary N) is 3. The minimum atomic E-state index is -0.468. The zero-order valence-electron chi connectivity index (χ0n) is 20.2. The van der Waals surface area contributed by atoms with E-state index in [0.717, 1.165) is 37.2 Å². The van der Waals surface area contributed by atoms with Crippen LogP contribution in [0.5, 0.6) is 0 Å². The third-order valence-electron chi connectivity index (χ3n) is 6.16. The first kappa shape index (κ1) is 24.0. The normalized spacial score (nSPS) is 18.9. The molecular weight excluding hydrogens is 461 g/mol. The van der Waals surface area contributed by atoms with Gasteiger partial charge in [-0.1, -0.05) is 12.1 Å². The summed E-state index contributed by atoms with van der Waals surface area (Å²) in [6, 6.07) is 12.6. The van der Waals surface area contributed by atoms with Gasteiger partial charge in [0, 0.05) is 44.5 Å². The Kier molecular flexibility index (Phi) is 7.60. The van der Waals surface area contributed by atoms with Crippen LogP contribution in [0.2, 0.25) is 0 Å². The molecular formula is C25H30FN9O. The van der Waals surface area contributed by atoms with E-state index in [0.29, 0.717) is 38.0 Å². The number of rotatable bonds is 7. The highest BCUT2D eigenvalue weighted by molar-refractivity contribution is 5.78. The summed E-state index contributed by atoms with van der Waals surface area (Å²) in [6.45, 7) is 5.35. The predicted octanol–water partition coefficient (Wildman–Crippen LogP) is 2.61. The Labute approximate surface area is 209 Å². The van der Waals surface area contributed by atoms with E-state index in [4.69, 9.17) is 4.74 Å². The first-order chi connectivity index (χ1) is 17.6. The molecule has 2 aliphatic heterocycles. The van der Waals surface area contributed by atoms with Crippen LogP contribution in [0.4, 0.5) is 27.5 Å². The van der Waals surface area contributed by atoms with Gasteiger partial charge >= 0.3 is 0 Å².